The third-order valence-corrected chi connectivity index (χ3v) is 6.10. The molecular formula is C17H17Cl2F3N6O. The summed E-state index contributed by atoms with van der Waals surface area (Å²) in [6.45, 7) is 0.102. The van der Waals surface area contributed by atoms with Crippen molar-refractivity contribution in [2.24, 2.45) is 5.73 Å². The van der Waals surface area contributed by atoms with Crippen LogP contribution in [0.4, 0.5) is 13.2 Å². The number of alkyl halides is 3. The number of amides is 1. The third kappa shape index (κ3) is 3.80. The number of nitrogens with two attached hydrogens (primary N) is 1. The number of carbonyl (C=O) groups is 1. The van der Waals surface area contributed by atoms with Crippen molar-refractivity contribution in [3.8, 4) is 0 Å². The molecule has 0 radical (unpaired) electrons. The largest absolute Gasteiger partial charge is 0.451 e. The van der Waals surface area contributed by atoms with Crippen LogP contribution in [0, 0.1) is 0 Å². The quantitative estimate of drug-likeness (QED) is 0.729. The summed E-state index contributed by atoms with van der Waals surface area (Å²) in [5.74, 6) is -1.24. The standard InChI is InChI=1S/C17H17Cl2F3N6O/c18-10-5-9-8(1-2-12(9)24-15(10)19)11(23)6-14(29)27-3-4-28-13(7-27)25-26-16(28)17(20,21)22/h5,8,11H,1-4,6-7,23H2. The number of fused-ring (bicyclic) bond motifs is 2. The Morgan fingerprint density at radius 3 is 2.79 bits per heavy atom. The average Bonchev–Trinajstić information content (AvgIpc) is 3.25. The van der Waals surface area contributed by atoms with Gasteiger partial charge in [0.1, 0.15) is 5.15 Å². The Labute approximate surface area is 174 Å². The van der Waals surface area contributed by atoms with Crippen LogP contribution >= 0.6 is 23.2 Å². The molecule has 1 amide bonds. The van der Waals surface area contributed by atoms with E-state index in [2.05, 4.69) is 15.2 Å². The van der Waals surface area contributed by atoms with Gasteiger partial charge in [0.15, 0.2) is 5.82 Å². The molecule has 7 nitrogen and oxygen atoms in total. The lowest BCUT2D eigenvalue weighted by Crippen LogP contribution is -2.42. The van der Waals surface area contributed by atoms with Gasteiger partial charge in [0.2, 0.25) is 11.7 Å². The molecule has 2 unspecified atom stereocenters. The molecule has 2 N–H and O–H groups in total. The van der Waals surface area contributed by atoms with Crippen molar-refractivity contribution in [2.45, 2.75) is 50.5 Å². The summed E-state index contributed by atoms with van der Waals surface area (Å²) in [4.78, 5) is 18.5. The van der Waals surface area contributed by atoms with E-state index >= 15 is 0 Å². The molecule has 0 saturated carbocycles. The van der Waals surface area contributed by atoms with Gasteiger partial charge in [0.25, 0.3) is 0 Å². The van der Waals surface area contributed by atoms with E-state index in [0.717, 1.165) is 22.2 Å². The van der Waals surface area contributed by atoms with E-state index in [1.54, 1.807) is 6.07 Å². The second-order valence-electron chi connectivity index (χ2n) is 7.21. The van der Waals surface area contributed by atoms with Crippen LogP contribution in [-0.4, -0.2) is 43.1 Å². The first-order chi connectivity index (χ1) is 13.6. The monoisotopic (exact) mass is 448 g/mol. The fourth-order valence-corrected chi connectivity index (χ4v) is 4.30. The van der Waals surface area contributed by atoms with Crippen LogP contribution in [0.15, 0.2) is 6.07 Å². The molecule has 1 aliphatic carbocycles. The average molecular weight is 449 g/mol. The molecular weight excluding hydrogens is 432 g/mol. The highest BCUT2D eigenvalue weighted by atomic mass is 35.5. The molecule has 3 heterocycles. The summed E-state index contributed by atoms with van der Waals surface area (Å²) in [7, 11) is 0. The molecule has 0 fully saturated rings. The van der Waals surface area contributed by atoms with Crippen LogP contribution < -0.4 is 5.73 Å². The Kier molecular flexibility index (Phi) is 5.20. The number of nitrogens with zero attached hydrogens (tertiary/aromatic N) is 5. The molecule has 29 heavy (non-hydrogen) atoms. The van der Waals surface area contributed by atoms with E-state index in [0.29, 0.717) is 11.4 Å². The number of aromatic nitrogens is 4. The van der Waals surface area contributed by atoms with E-state index in [4.69, 9.17) is 28.9 Å². The van der Waals surface area contributed by atoms with E-state index in [-0.39, 0.29) is 48.9 Å². The van der Waals surface area contributed by atoms with Crippen LogP contribution in [0.5, 0.6) is 0 Å². The SMILES string of the molecule is NC(CC(=O)N1CCn2c(nnc2C(F)(F)F)C1)C1CCc2nc(Cl)c(Cl)cc21. The number of carbonyl (C=O) groups excluding carboxylic acids is 1. The van der Waals surface area contributed by atoms with Gasteiger partial charge in [-0.15, -0.1) is 10.2 Å². The van der Waals surface area contributed by atoms with Gasteiger partial charge in [-0.1, -0.05) is 23.2 Å². The second kappa shape index (κ2) is 7.41. The number of hydrogen-bond donors (Lipinski definition) is 1. The predicted octanol–water partition coefficient (Wildman–Crippen LogP) is 2.79. The number of aryl methyl sites for hydroxylation is 1. The Balaban J connectivity index is 1.44. The lowest BCUT2D eigenvalue weighted by molar-refractivity contribution is -0.148. The predicted molar refractivity (Wildman–Crippen MR) is 98.4 cm³/mol. The summed E-state index contributed by atoms with van der Waals surface area (Å²) in [5, 5.41) is 7.40. The summed E-state index contributed by atoms with van der Waals surface area (Å²) < 4.78 is 39.8. The van der Waals surface area contributed by atoms with E-state index < -0.39 is 18.0 Å². The fourth-order valence-electron chi connectivity index (χ4n) is 3.98. The van der Waals surface area contributed by atoms with Crippen molar-refractivity contribution in [3.05, 3.63) is 39.1 Å². The Morgan fingerprint density at radius 2 is 2.07 bits per heavy atom. The maximum absolute atomic E-state index is 12.9. The third-order valence-electron chi connectivity index (χ3n) is 5.42. The Hall–Kier alpha value is -1.91. The number of rotatable bonds is 3. The van der Waals surface area contributed by atoms with Gasteiger partial charge in [0, 0.05) is 37.2 Å². The van der Waals surface area contributed by atoms with Crippen molar-refractivity contribution in [1.29, 1.82) is 0 Å². The number of halogens is 5. The van der Waals surface area contributed by atoms with Gasteiger partial charge >= 0.3 is 6.18 Å². The maximum Gasteiger partial charge on any atom is 0.451 e. The molecule has 0 bridgehead atoms. The summed E-state index contributed by atoms with van der Waals surface area (Å²) >= 11 is 12.0. The molecule has 4 rings (SSSR count). The van der Waals surface area contributed by atoms with Crippen LogP contribution in [0.2, 0.25) is 10.2 Å². The lowest BCUT2D eigenvalue weighted by atomic mass is 9.92. The molecule has 156 valence electrons. The van der Waals surface area contributed by atoms with Crippen LogP contribution in [0.1, 0.15) is 41.7 Å². The minimum Gasteiger partial charge on any atom is -0.333 e. The second-order valence-corrected chi connectivity index (χ2v) is 7.98. The van der Waals surface area contributed by atoms with Gasteiger partial charge < -0.3 is 15.2 Å². The first-order valence-electron chi connectivity index (χ1n) is 9.02. The number of hydrogen-bond acceptors (Lipinski definition) is 5. The van der Waals surface area contributed by atoms with Crippen molar-refractivity contribution >= 4 is 29.1 Å². The zero-order valence-corrected chi connectivity index (χ0v) is 16.6. The summed E-state index contributed by atoms with van der Waals surface area (Å²) in [5.41, 5.74) is 8.04. The van der Waals surface area contributed by atoms with Crippen LogP contribution in [0.3, 0.4) is 0 Å². The zero-order valence-electron chi connectivity index (χ0n) is 15.1. The summed E-state index contributed by atoms with van der Waals surface area (Å²) in [6.07, 6.45) is -3.08. The highest BCUT2D eigenvalue weighted by molar-refractivity contribution is 6.41. The Bertz CT molecular complexity index is 963. The maximum atomic E-state index is 12.9. The van der Waals surface area contributed by atoms with Crippen LogP contribution in [-0.2, 0) is 30.5 Å². The van der Waals surface area contributed by atoms with Crippen molar-refractivity contribution in [1.82, 2.24) is 24.6 Å². The molecule has 2 aromatic rings. The minimum absolute atomic E-state index is 0.0115. The molecule has 0 saturated heterocycles. The van der Waals surface area contributed by atoms with Crippen LogP contribution in [0.25, 0.3) is 0 Å². The topological polar surface area (TPSA) is 89.9 Å². The first-order valence-corrected chi connectivity index (χ1v) is 9.78. The van der Waals surface area contributed by atoms with E-state index in [1.165, 1.54) is 4.90 Å². The lowest BCUT2D eigenvalue weighted by Gasteiger charge is -2.30. The zero-order chi connectivity index (χ0) is 20.9. The van der Waals surface area contributed by atoms with Crippen molar-refractivity contribution in [2.75, 3.05) is 6.54 Å². The molecule has 1 aliphatic heterocycles. The highest BCUT2D eigenvalue weighted by Gasteiger charge is 2.40. The Morgan fingerprint density at radius 1 is 1.31 bits per heavy atom. The smallest absolute Gasteiger partial charge is 0.333 e. The first kappa shape index (κ1) is 20.4. The minimum atomic E-state index is -4.58. The van der Waals surface area contributed by atoms with Gasteiger partial charge in [-0.3, -0.25) is 4.79 Å². The van der Waals surface area contributed by atoms with Crippen molar-refractivity contribution in [3.63, 3.8) is 0 Å². The molecule has 2 atom stereocenters. The molecule has 0 spiro atoms. The molecule has 2 aromatic heterocycles. The molecule has 0 aromatic carbocycles. The normalized spacial score (nSPS) is 19.8. The van der Waals surface area contributed by atoms with E-state index in [9.17, 15) is 18.0 Å². The van der Waals surface area contributed by atoms with Gasteiger partial charge in [0.05, 0.1) is 11.6 Å². The highest BCUT2D eigenvalue weighted by Crippen LogP contribution is 2.38. The summed E-state index contributed by atoms with van der Waals surface area (Å²) in [6, 6.07) is 1.28. The van der Waals surface area contributed by atoms with Gasteiger partial charge in [-0.25, -0.2) is 4.98 Å². The van der Waals surface area contributed by atoms with Gasteiger partial charge in [-0.2, -0.15) is 13.2 Å². The fraction of sp³-hybridized carbons (Fsp3) is 0.529. The molecule has 2 aliphatic rings. The van der Waals surface area contributed by atoms with Crippen molar-refractivity contribution < 1.29 is 18.0 Å². The van der Waals surface area contributed by atoms with Gasteiger partial charge in [-0.05, 0) is 24.5 Å². The molecule has 12 heteroatoms. The number of pyridine rings is 1. The van der Waals surface area contributed by atoms with E-state index in [1.807, 2.05) is 0 Å².